The van der Waals surface area contributed by atoms with Crippen molar-refractivity contribution in [3.8, 4) is 0 Å². The highest BCUT2D eigenvalue weighted by molar-refractivity contribution is 5.07. The van der Waals surface area contributed by atoms with Gasteiger partial charge in [-0.05, 0) is 32.2 Å². The van der Waals surface area contributed by atoms with E-state index in [2.05, 4.69) is 49.5 Å². The molecule has 3 heterocycles. The third kappa shape index (κ3) is 2.67. The molecule has 0 aromatic carbocycles. The second kappa shape index (κ2) is 5.50. The zero-order chi connectivity index (χ0) is 15.1. The molecule has 22 heavy (non-hydrogen) atoms. The maximum absolute atomic E-state index is 4.40. The molecular weight excluding hydrogens is 276 g/mol. The fraction of sp³-hybridized carbons (Fsp3) is 0.688. The van der Waals surface area contributed by atoms with Crippen molar-refractivity contribution in [1.82, 2.24) is 29.2 Å². The normalized spacial score (nSPS) is 21.3. The highest BCUT2D eigenvalue weighted by atomic mass is 15.3. The van der Waals surface area contributed by atoms with Gasteiger partial charge in [0.25, 0.3) is 0 Å². The van der Waals surface area contributed by atoms with Crippen molar-refractivity contribution in [2.24, 2.45) is 13.0 Å². The van der Waals surface area contributed by atoms with Gasteiger partial charge in [0.05, 0.1) is 6.54 Å². The number of fused-ring (bicyclic) bond motifs is 1. The standard InChI is InChI=1S/C16H24N6/c1-20(9-12-3-6-14-17-7-8-22(14)10-12)11-15-18-19-16(21(15)2)13-4-5-13/h7-8,12-13H,3-6,9-11H2,1-2H3. The Labute approximate surface area is 131 Å². The van der Waals surface area contributed by atoms with Gasteiger partial charge in [0, 0.05) is 44.9 Å². The zero-order valence-electron chi connectivity index (χ0n) is 13.4. The van der Waals surface area contributed by atoms with Gasteiger partial charge >= 0.3 is 0 Å². The van der Waals surface area contributed by atoms with E-state index in [1.54, 1.807) is 0 Å². The van der Waals surface area contributed by atoms with E-state index in [9.17, 15) is 0 Å². The molecule has 0 bridgehead atoms. The Morgan fingerprint density at radius 2 is 2.14 bits per heavy atom. The van der Waals surface area contributed by atoms with Crippen LogP contribution in [0.5, 0.6) is 0 Å². The van der Waals surface area contributed by atoms with Crippen LogP contribution < -0.4 is 0 Å². The Balaban J connectivity index is 1.36. The first kappa shape index (κ1) is 13.9. The van der Waals surface area contributed by atoms with Crippen LogP contribution in [0.1, 0.15) is 42.7 Å². The highest BCUT2D eigenvalue weighted by Crippen LogP contribution is 2.38. The number of rotatable bonds is 5. The number of nitrogens with zero attached hydrogens (tertiary/aromatic N) is 6. The van der Waals surface area contributed by atoms with Crippen LogP contribution in [-0.4, -0.2) is 42.8 Å². The quantitative estimate of drug-likeness (QED) is 0.841. The van der Waals surface area contributed by atoms with E-state index >= 15 is 0 Å². The minimum absolute atomic E-state index is 0.662. The van der Waals surface area contributed by atoms with E-state index in [1.165, 1.54) is 30.9 Å². The average molecular weight is 300 g/mol. The van der Waals surface area contributed by atoms with Gasteiger partial charge in [0.15, 0.2) is 0 Å². The molecule has 0 radical (unpaired) electrons. The summed E-state index contributed by atoms with van der Waals surface area (Å²) in [4.78, 5) is 6.78. The second-order valence-corrected chi connectivity index (χ2v) is 6.90. The zero-order valence-corrected chi connectivity index (χ0v) is 13.4. The van der Waals surface area contributed by atoms with Gasteiger partial charge in [-0.2, -0.15) is 0 Å². The summed E-state index contributed by atoms with van der Waals surface area (Å²) in [6, 6.07) is 0. The summed E-state index contributed by atoms with van der Waals surface area (Å²) in [5.74, 6) is 4.85. The molecule has 2 aromatic heterocycles. The Morgan fingerprint density at radius 3 is 2.95 bits per heavy atom. The SMILES string of the molecule is CN(Cc1nnc(C2CC2)n1C)CC1CCc2nccn2C1. The topological polar surface area (TPSA) is 51.8 Å². The summed E-state index contributed by atoms with van der Waals surface area (Å²) in [7, 11) is 4.30. The van der Waals surface area contributed by atoms with Crippen LogP contribution in [-0.2, 0) is 26.6 Å². The van der Waals surface area contributed by atoms with Crippen molar-refractivity contribution in [3.63, 3.8) is 0 Å². The molecule has 0 saturated heterocycles. The first-order chi connectivity index (χ1) is 10.7. The van der Waals surface area contributed by atoms with Crippen molar-refractivity contribution in [2.45, 2.75) is 44.7 Å². The molecule has 6 heteroatoms. The van der Waals surface area contributed by atoms with Crippen molar-refractivity contribution in [1.29, 1.82) is 0 Å². The Morgan fingerprint density at radius 1 is 1.27 bits per heavy atom. The van der Waals surface area contributed by atoms with Crippen molar-refractivity contribution in [2.75, 3.05) is 13.6 Å². The highest BCUT2D eigenvalue weighted by Gasteiger charge is 2.29. The fourth-order valence-electron chi connectivity index (χ4n) is 3.54. The Hall–Kier alpha value is -1.69. The van der Waals surface area contributed by atoms with Crippen LogP contribution in [0.4, 0.5) is 0 Å². The Bertz CT molecular complexity index is 653. The first-order valence-corrected chi connectivity index (χ1v) is 8.27. The summed E-state index contributed by atoms with van der Waals surface area (Å²) in [6.07, 6.45) is 8.90. The molecule has 1 saturated carbocycles. The van der Waals surface area contributed by atoms with E-state index in [0.29, 0.717) is 11.8 Å². The average Bonchev–Trinajstić information content (AvgIpc) is 3.12. The van der Waals surface area contributed by atoms with E-state index in [1.807, 2.05) is 6.20 Å². The van der Waals surface area contributed by atoms with Gasteiger partial charge in [-0.25, -0.2) is 4.98 Å². The predicted molar refractivity (Wildman–Crippen MR) is 83.4 cm³/mol. The minimum atomic E-state index is 0.662. The summed E-state index contributed by atoms with van der Waals surface area (Å²) in [5, 5.41) is 8.77. The largest absolute Gasteiger partial charge is 0.335 e. The molecule has 0 amide bonds. The summed E-state index contributed by atoms with van der Waals surface area (Å²) in [6.45, 7) is 3.07. The molecule has 1 atom stereocenters. The summed E-state index contributed by atoms with van der Waals surface area (Å²) < 4.78 is 4.50. The molecule has 2 aromatic rings. The van der Waals surface area contributed by atoms with Crippen molar-refractivity contribution < 1.29 is 0 Å². The number of hydrogen-bond donors (Lipinski definition) is 0. The minimum Gasteiger partial charge on any atom is -0.335 e. The lowest BCUT2D eigenvalue weighted by molar-refractivity contribution is 0.223. The van der Waals surface area contributed by atoms with Crippen molar-refractivity contribution in [3.05, 3.63) is 29.9 Å². The fourth-order valence-corrected chi connectivity index (χ4v) is 3.54. The maximum Gasteiger partial charge on any atom is 0.146 e. The summed E-state index contributed by atoms with van der Waals surface area (Å²) in [5.41, 5.74) is 0. The maximum atomic E-state index is 4.40. The van der Waals surface area contributed by atoms with E-state index < -0.39 is 0 Å². The molecule has 1 unspecified atom stereocenters. The lowest BCUT2D eigenvalue weighted by Crippen LogP contribution is -2.31. The Kier molecular flexibility index (Phi) is 3.48. The number of hydrogen-bond acceptors (Lipinski definition) is 4. The molecule has 4 rings (SSSR count). The van der Waals surface area contributed by atoms with Crippen molar-refractivity contribution >= 4 is 0 Å². The molecule has 6 nitrogen and oxygen atoms in total. The first-order valence-electron chi connectivity index (χ1n) is 8.27. The van der Waals surface area contributed by atoms with Crippen LogP contribution in [0.2, 0.25) is 0 Å². The third-order valence-corrected chi connectivity index (χ3v) is 4.96. The van der Waals surface area contributed by atoms with Crippen LogP contribution in [0.25, 0.3) is 0 Å². The van der Waals surface area contributed by atoms with Gasteiger partial charge in [0.1, 0.15) is 17.5 Å². The van der Waals surface area contributed by atoms with E-state index in [4.69, 9.17) is 0 Å². The monoisotopic (exact) mass is 300 g/mol. The van der Waals surface area contributed by atoms with Gasteiger partial charge in [-0.1, -0.05) is 0 Å². The number of imidazole rings is 1. The molecule has 1 aliphatic heterocycles. The third-order valence-electron chi connectivity index (χ3n) is 4.96. The lowest BCUT2D eigenvalue weighted by atomic mass is 9.99. The molecule has 118 valence electrons. The van der Waals surface area contributed by atoms with Crippen LogP contribution >= 0.6 is 0 Å². The molecule has 1 fully saturated rings. The van der Waals surface area contributed by atoms with Crippen LogP contribution in [0.3, 0.4) is 0 Å². The van der Waals surface area contributed by atoms with E-state index in [0.717, 1.165) is 31.9 Å². The molecule has 2 aliphatic rings. The number of aromatic nitrogens is 5. The van der Waals surface area contributed by atoms with Crippen LogP contribution in [0, 0.1) is 5.92 Å². The lowest BCUT2D eigenvalue weighted by Gasteiger charge is -2.27. The molecular formula is C16H24N6. The van der Waals surface area contributed by atoms with Gasteiger partial charge in [-0.15, -0.1) is 10.2 Å². The van der Waals surface area contributed by atoms with Gasteiger partial charge < -0.3 is 9.13 Å². The second-order valence-electron chi connectivity index (χ2n) is 6.90. The van der Waals surface area contributed by atoms with E-state index in [-0.39, 0.29) is 0 Å². The van der Waals surface area contributed by atoms with Gasteiger partial charge in [-0.3, -0.25) is 4.90 Å². The number of aryl methyl sites for hydroxylation is 1. The smallest absolute Gasteiger partial charge is 0.146 e. The molecule has 0 N–H and O–H groups in total. The molecule has 0 spiro atoms. The molecule has 1 aliphatic carbocycles. The predicted octanol–water partition coefficient (Wildman–Crippen LogP) is 1.58. The summed E-state index contributed by atoms with van der Waals surface area (Å²) >= 11 is 0. The van der Waals surface area contributed by atoms with Gasteiger partial charge in [0.2, 0.25) is 0 Å². The van der Waals surface area contributed by atoms with Crippen LogP contribution in [0.15, 0.2) is 12.4 Å².